The zero-order valence-corrected chi connectivity index (χ0v) is 25.1. The van der Waals surface area contributed by atoms with Crippen LogP contribution in [0.1, 0.15) is 84.2 Å². The highest BCUT2D eigenvalue weighted by Gasteiger charge is 2.65. The average molecular weight is 634 g/mol. The summed E-state index contributed by atoms with van der Waals surface area (Å²) in [5.74, 6) is -1.91. The molecular formula is C32H35ClF3N3O5. The number of halogens is 4. The third-order valence-electron chi connectivity index (χ3n) is 9.91. The van der Waals surface area contributed by atoms with Gasteiger partial charge in [0, 0.05) is 24.1 Å². The van der Waals surface area contributed by atoms with Crippen molar-refractivity contribution < 1.29 is 37.4 Å². The number of hydrogen-bond donors (Lipinski definition) is 1. The fraction of sp³-hybridized carbons (Fsp3) is 0.562. The average Bonchev–Trinajstić information content (AvgIpc) is 3.55. The minimum absolute atomic E-state index is 0.0131. The zero-order chi connectivity index (χ0) is 31.3. The molecule has 2 aliphatic heterocycles. The molecule has 236 valence electrons. The van der Waals surface area contributed by atoms with E-state index in [9.17, 15) is 32.7 Å². The van der Waals surface area contributed by atoms with Gasteiger partial charge in [-0.15, -0.1) is 0 Å². The second-order valence-electron chi connectivity index (χ2n) is 12.8. The molecule has 1 atom stereocenters. The van der Waals surface area contributed by atoms with Crippen molar-refractivity contribution in [1.29, 1.82) is 0 Å². The topological polar surface area (TPSA) is 102 Å². The number of amides is 1. The first-order chi connectivity index (χ1) is 21.0. The van der Waals surface area contributed by atoms with Crippen LogP contribution in [-0.4, -0.2) is 70.6 Å². The Morgan fingerprint density at radius 1 is 1.11 bits per heavy atom. The molecule has 12 heteroatoms. The molecule has 2 aromatic rings. The first-order valence-corrected chi connectivity index (χ1v) is 15.6. The molecule has 3 aliphatic carbocycles. The predicted molar refractivity (Wildman–Crippen MR) is 155 cm³/mol. The van der Waals surface area contributed by atoms with E-state index in [1.54, 1.807) is 0 Å². The van der Waals surface area contributed by atoms with Gasteiger partial charge in [-0.2, -0.15) is 23.0 Å². The predicted octanol–water partition coefficient (Wildman–Crippen LogP) is 5.83. The summed E-state index contributed by atoms with van der Waals surface area (Å²) in [6.07, 6.45) is 3.83. The number of nitrogens with zero attached hydrogens (tertiary/aromatic N) is 3. The molecule has 0 radical (unpaired) electrons. The molecule has 1 N–H and O–H groups in total. The number of hydrogen-bond acceptors (Lipinski definition) is 5. The number of carbonyl (C=O) groups is 3. The Bertz CT molecular complexity index is 1510. The van der Waals surface area contributed by atoms with Gasteiger partial charge >= 0.3 is 12.1 Å². The number of rotatable bonds is 5. The van der Waals surface area contributed by atoms with E-state index in [4.69, 9.17) is 16.3 Å². The van der Waals surface area contributed by atoms with Crippen LogP contribution in [0.4, 0.5) is 13.2 Å². The zero-order valence-electron chi connectivity index (χ0n) is 24.3. The smallest absolute Gasteiger partial charge is 0.398 e. The Morgan fingerprint density at radius 2 is 1.86 bits per heavy atom. The van der Waals surface area contributed by atoms with E-state index < -0.39 is 29.4 Å². The number of ether oxygens (including phenoxy) is 1. The van der Waals surface area contributed by atoms with Gasteiger partial charge in [-0.05, 0) is 81.4 Å². The lowest BCUT2D eigenvalue weighted by atomic mass is 9.85. The number of alkyl halides is 3. The third-order valence-corrected chi connectivity index (χ3v) is 10.2. The number of carboxylic acid groups (broad SMARTS) is 1. The van der Waals surface area contributed by atoms with Gasteiger partial charge < -0.3 is 14.7 Å². The second-order valence-corrected chi connectivity index (χ2v) is 13.2. The molecule has 3 fully saturated rings. The van der Waals surface area contributed by atoms with E-state index in [1.165, 1.54) is 22.9 Å². The lowest BCUT2D eigenvalue weighted by Gasteiger charge is -2.37. The first kappa shape index (κ1) is 30.8. The fourth-order valence-corrected chi connectivity index (χ4v) is 7.32. The van der Waals surface area contributed by atoms with Gasteiger partial charge in [-0.25, -0.2) is 0 Å². The summed E-state index contributed by atoms with van der Waals surface area (Å²) in [5.41, 5.74) is 1.32. The van der Waals surface area contributed by atoms with E-state index in [1.807, 2.05) is 11.0 Å². The number of aliphatic carboxylic acids is 1. The molecule has 1 unspecified atom stereocenters. The number of allylic oxidation sites excluding steroid dienone is 2. The van der Waals surface area contributed by atoms with Crippen LogP contribution in [0.5, 0.6) is 0 Å². The van der Waals surface area contributed by atoms with Gasteiger partial charge in [0.05, 0.1) is 46.5 Å². The summed E-state index contributed by atoms with van der Waals surface area (Å²) in [4.78, 5) is 37.2. The summed E-state index contributed by atoms with van der Waals surface area (Å²) in [7, 11) is 0. The Labute approximate surface area is 258 Å². The number of benzene rings is 1. The quantitative estimate of drug-likeness (QED) is 0.416. The first-order valence-electron chi connectivity index (χ1n) is 15.2. The van der Waals surface area contributed by atoms with Crippen molar-refractivity contribution >= 4 is 35.5 Å². The van der Waals surface area contributed by atoms with Gasteiger partial charge in [0.1, 0.15) is 0 Å². The lowest BCUT2D eigenvalue weighted by molar-refractivity contribution is -0.160. The largest absolute Gasteiger partial charge is 0.481 e. The Morgan fingerprint density at radius 3 is 2.41 bits per heavy atom. The summed E-state index contributed by atoms with van der Waals surface area (Å²) >= 11 is 6.35. The molecule has 1 spiro atoms. The standard InChI is InChI=1S/C25H24ClF3N2O3.C7H11NO2/c26-18-6-3-5-17(24(12-13-24)25(27,28)29)20(18)22(32)31-19-7-2-1-4-16(19)21(30-31)14-8-10-15(11-9-14)23(33)34;9-6-8-2-1-7(3-8)4-10-5-7/h3,5-6,8,15H,1-2,4,7,9-13H2,(H,33,34);6H,1-5H2. The van der Waals surface area contributed by atoms with Gasteiger partial charge in [0.15, 0.2) is 0 Å². The van der Waals surface area contributed by atoms with Crippen LogP contribution in [0, 0.1) is 11.3 Å². The van der Waals surface area contributed by atoms with Crippen LogP contribution in [0.3, 0.4) is 0 Å². The number of fused-ring (bicyclic) bond motifs is 1. The van der Waals surface area contributed by atoms with E-state index >= 15 is 0 Å². The molecule has 3 heterocycles. The molecule has 1 aromatic carbocycles. The molecule has 1 aromatic heterocycles. The lowest BCUT2D eigenvalue weighted by Crippen LogP contribution is -2.44. The Hall–Kier alpha value is -3.18. The highest BCUT2D eigenvalue weighted by atomic mass is 35.5. The maximum atomic E-state index is 13.9. The summed E-state index contributed by atoms with van der Waals surface area (Å²) < 4.78 is 48.2. The molecule has 5 aliphatic rings. The highest BCUT2D eigenvalue weighted by molar-refractivity contribution is 6.34. The summed E-state index contributed by atoms with van der Waals surface area (Å²) in [6.45, 7) is 3.55. The second kappa shape index (κ2) is 11.6. The Kier molecular flexibility index (Phi) is 8.15. The van der Waals surface area contributed by atoms with E-state index in [2.05, 4.69) is 5.10 Å². The van der Waals surface area contributed by atoms with Crippen molar-refractivity contribution in [1.82, 2.24) is 14.7 Å². The maximum absolute atomic E-state index is 13.9. The molecule has 8 nitrogen and oxygen atoms in total. The minimum atomic E-state index is -4.48. The molecular weight excluding hydrogens is 599 g/mol. The van der Waals surface area contributed by atoms with Gasteiger partial charge in [0.25, 0.3) is 5.91 Å². The number of carboxylic acids is 1. The van der Waals surface area contributed by atoms with Crippen molar-refractivity contribution in [2.45, 2.75) is 75.8 Å². The van der Waals surface area contributed by atoms with Gasteiger partial charge in [0.2, 0.25) is 6.41 Å². The summed E-state index contributed by atoms with van der Waals surface area (Å²) in [5, 5.41) is 13.9. The van der Waals surface area contributed by atoms with Crippen molar-refractivity contribution in [2.75, 3.05) is 26.3 Å². The highest BCUT2D eigenvalue weighted by Crippen LogP contribution is 2.60. The molecule has 44 heavy (non-hydrogen) atoms. The van der Waals surface area contributed by atoms with Crippen molar-refractivity contribution in [3.05, 3.63) is 57.4 Å². The van der Waals surface area contributed by atoms with Crippen LogP contribution in [0.25, 0.3) is 5.57 Å². The van der Waals surface area contributed by atoms with Crippen LogP contribution in [0.15, 0.2) is 24.3 Å². The maximum Gasteiger partial charge on any atom is 0.398 e. The minimum Gasteiger partial charge on any atom is -0.481 e. The molecule has 2 saturated heterocycles. The number of likely N-dealkylation sites (tertiary alicyclic amines) is 1. The molecule has 7 rings (SSSR count). The van der Waals surface area contributed by atoms with Crippen molar-refractivity contribution in [3.63, 3.8) is 0 Å². The number of aromatic nitrogens is 2. The Balaban J connectivity index is 0.000000289. The third kappa shape index (κ3) is 5.46. The van der Waals surface area contributed by atoms with E-state index in [-0.39, 0.29) is 29.0 Å². The molecule has 1 saturated carbocycles. The molecule has 1 amide bonds. The van der Waals surface area contributed by atoms with Crippen LogP contribution in [0.2, 0.25) is 5.02 Å². The number of carbonyl (C=O) groups excluding carboxylic acids is 2. The van der Waals surface area contributed by atoms with Gasteiger partial charge in [-0.3, -0.25) is 14.4 Å². The molecule has 0 bridgehead atoms. The fourth-order valence-electron chi connectivity index (χ4n) is 7.06. The van der Waals surface area contributed by atoms with Crippen LogP contribution < -0.4 is 0 Å². The summed E-state index contributed by atoms with van der Waals surface area (Å²) in [6, 6.07) is 4.25. The van der Waals surface area contributed by atoms with E-state index in [0.29, 0.717) is 36.8 Å². The normalized spacial score (nSPS) is 23.1. The van der Waals surface area contributed by atoms with Gasteiger partial charge in [-0.1, -0.05) is 29.8 Å². The van der Waals surface area contributed by atoms with Crippen LogP contribution in [-0.2, 0) is 32.6 Å². The SMILES string of the molecule is O=C(O)C1CC=C(c2nn(C(=O)c3c(Cl)cccc3C3(C(F)(F)F)CC3)c3c2CCCC3)CC1.O=CN1CCC2(COC2)C1. The van der Waals surface area contributed by atoms with Crippen LogP contribution >= 0.6 is 11.6 Å². The van der Waals surface area contributed by atoms with Crippen molar-refractivity contribution in [3.8, 4) is 0 Å². The monoisotopic (exact) mass is 633 g/mol. The van der Waals surface area contributed by atoms with E-state index in [0.717, 1.165) is 75.2 Å². The van der Waals surface area contributed by atoms with Crippen molar-refractivity contribution in [2.24, 2.45) is 11.3 Å².